The molecule has 0 spiro atoms. The van der Waals surface area contributed by atoms with Crippen molar-refractivity contribution in [3.05, 3.63) is 106 Å². The number of hydrogen-bond donors (Lipinski definition) is 2. The Bertz CT molecular complexity index is 1260. The number of amides is 1. The van der Waals surface area contributed by atoms with E-state index in [1.54, 1.807) is 18.2 Å². The highest BCUT2D eigenvalue weighted by Crippen LogP contribution is 2.38. The van der Waals surface area contributed by atoms with Gasteiger partial charge < -0.3 is 15.2 Å². The van der Waals surface area contributed by atoms with Crippen molar-refractivity contribution in [2.45, 2.75) is 6.04 Å². The van der Waals surface area contributed by atoms with Gasteiger partial charge in [-0.25, -0.2) is 0 Å². The van der Waals surface area contributed by atoms with Crippen molar-refractivity contribution in [2.75, 3.05) is 7.11 Å². The van der Waals surface area contributed by atoms with Crippen molar-refractivity contribution < 1.29 is 14.6 Å². The Morgan fingerprint density at radius 3 is 2.32 bits per heavy atom. The number of benzene rings is 4. The van der Waals surface area contributed by atoms with Gasteiger partial charge in [-0.1, -0.05) is 83.9 Å². The molecule has 1 atom stereocenters. The predicted octanol–water partition coefficient (Wildman–Crippen LogP) is 6.38. The van der Waals surface area contributed by atoms with Crippen LogP contribution < -0.4 is 10.1 Å². The highest BCUT2D eigenvalue weighted by Gasteiger charge is 2.26. The predicted molar refractivity (Wildman–Crippen MR) is 124 cm³/mol. The Morgan fingerprint density at radius 1 is 0.903 bits per heavy atom. The average Bonchev–Trinajstić information content (AvgIpc) is 2.79. The van der Waals surface area contributed by atoms with Crippen molar-refractivity contribution in [3.8, 4) is 11.5 Å². The first kappa shape index (κ1) is 21.0. The van der Waals surface area contributed by atoms with E-state index in [1.165, 1.54) is 7.11 Å². The second-order valence-corrected chi connectivity index (χ2v) is 7.79. The zero-order valence-corrected chi connectivity index (χ0v) is 18.1. The maximum atomic E-state index is 13.4. The van der Waals surface area contributed by atoms with Crippen molar-refractivity contribution in [3.63, 3.8) is 0 Å². The number of nitrogens with one attached hydrogen (secondary N) is 1. The van der Waals surface area contributed by atoms with E-state index < -0.39 is 11.9 Å². The number of methoxy groups -OCH3 is 1. The fourth-order valence-corrected chi connectivity index (χ4v) is 4.17. The Hall–Kier alpha value is -3.21. The van der Waals surface area contributed by atoms with E-state index in [0.717, 1.165) is 16.3 Å². The zero-order valence-electron chi connectivity index (χ0n) is 16.6. The quantitative estimate of drug-likeness (QED) is 0.370. The Morgan fingerprint density at radius 2 is 1.58 bits per heavy atom. The number of fused-ring (bicyclic) bond motifs is 1. The molecule has 6 heteroatoms. The van der Waals surface area contributed by atoms with Crippen molar-refractivity contribution >= 4 is 39.9 Å². The molecule has 0 aliphatic rings. The third-order valence-corrected chi connectivity index (χ3v) is 5.75. The third-order valence-electron chi connectivity index (χ3n) is 5.13. The van der Waals surface area contributed by atoms with Crippen LogP contribution in [0.25, 0.3) is 10.8 Å². The van der Waals surface area contributed by atoms with Gasteiger partial charge >= 0.3 is 0 Å². The molecule has 4 aromatic carbocycles. The molecular weight excluding hydrogens is 433 g/mol. The molecule has 0 fully saturated rings. The second kappa shape index (κ2) is 8.88. The molecule has 0 aromatic heterocycles. The maximum Gasteiger partial charge on any atom is 0.257 e. The number of aromatic hydroxyl groups is 1. The SMILES string of the molecule is COc1c(Cl)ccc(Cl)c1C(=O)NC(c1ccccc1)c1c(O)ccc2ccccc12. The highest BCUT2D eigenvalue weighted by atomic mass is 35.5. The molecule has 0 heterocycles. The Kier molecular flexibility index (Phi) is 6.03. The van der Waals surface area contributed by atoms with Crippen LogP contribution in [0.1, 0.15) is 27.5 Å². The molecule has 4 nitrogen and oxygen atoms in total. The highest BCUT2D eigenvalue weighted by molar-refractivity contribution is 6.37. The lowest BCUT2D eigenvalue weighted by Crippen LogP contribution is -2.30. The van der Waals surface area contributed by atoms with E-state index in [1.807, 2.05) is 60.7 Å². The summed E-state index contributed by atoms with van der Waals surface area (Å²) < 4.78 is 5.34. The van der Waals surface area contributed by atoms with Crippen LogP contribution in [0.4, 0.5) is 0 Å². The van der Waals surface area contributed by atoms with Crippen molar-refractivity contribution in [1.29, 1.82) is 0 Å². The molecule has 0 saturated heterocycles. The summed E-state index contributed by atoms with van der Waals surface area (Å²) in [6.45, 7) is 0. The van der Waals surface area contributed by atoms with Gasteiger partial charge in [0.15, 0.2) is 5.75 Å². The molecule has 0 aliphatic carbocycles. The number of phenolic OH excluding ortho intramolecular Hbond substituents is 1. The molecule has 0 radical (unpaired) electrons. The molecule has 2 N–H and O–H groups in total. The molecule has 4 rings (SSSR count). The number of phenols is 1. The lowest BCUT2D eigenvalue weighted by Gasteiger charge is -2.23. The summed E-state index contributed by atoms with van der Waals surface area (Å²) in [6.07, 6.45) is 0. The summed E-state index contributed by atoms with van der Waals surface area (Å²) in [5.41, 5.74) is 1.53. The summed E-state index contributed by atoms with van der Waals surface area (Å²) in [6, 6.07) is 23.1. The van der Waals surface area contributed by atoms with Gasteiger partial charge in [0.05, 0.1) is 23.2 Å². The second-order valence-electron chi connectivity index (χ2n) is 6.97. The van der Waals surface area contributed by atoms with Gasteiger partial charge in [0.1, 0.15) is 11.3 Å². The minimum atomic E-state index is -0.639. The molecule has 0 saturated carbocycles. The molecule has 156 valence electrons. The molecular formula is C25H19Cl2NO3. The van der Waals surface area contributed by atoms with Gasteiger partial charge in [0.25, 0.3) is 5.91 Å². The topological polar surface area (TPSA) is 58.6 Å². The fourth-order valence-electron chi connectivity index (χ4n) is 3.70. The zero-order chi connectivity index (χ0) is 22.0. The largest absolute Gasteiger partial charge is 0.508 e. The standard InChI is InChI=1S/C25H19Cl2NO3/c1-31-24-19(27)13-12-18(26)22(24)25(30)28-23(16-8-3-2-4-9-16)21-17-10-6-5-7-15(17)11-14-20(21)29/h2-14,23,29H,1H3,(H,28,30). The minimum Gasteiger partial charge on any atom is -0.508 e. The lowest BCUT2D eigenvalue weighted by atomic mass is 9.92. The molecule has 1 amide bonds. The summed E-state index contributed by atoms with van der Waals surface area (Å²) in [7, 11) is 1.43. The van der Waals surface area contributed by atoms with Crippen LogP contribution >= 0.6 is 23.2 Å². The minimum absolute atomic E-state index is 0.0806. The molecule has 0 aliphatic heterocycles. The van der Waals surface area contributed by atoms with E-state index in [0.29, 0.717) is 5.56 Å². The molecule has 4 aromatic rings. The van der Waals surface area contributed by atoms with Gasteiger partial charge in [0.2, 0.25) is 0 Å². The van der Waals surface area contributed by atoms with Crippen LogP contribution in [0.2, 0.25) is 10.0 Å². The summed E-state index contributed by atoms with van der Waals surface area (Å²) in [4.78, 5) is 13.4. The first-order chi connectivity index (χ1) is 15.0. The smallest absolute Gasteiger partial charge is 0.257 e. The van der Waals surface area contributed by atoms with Gasteiger partial charge in [0, 0.05) is 5.56 Å². The van der Waals surface area contributed by atoms with Crippen LogP contribution in [0.3, 0.4) is 0 Å². The average molecular weight is 452 g/mol. The van der Waals surface area contributed by atoms with Crippen LogP contribution in [-0.2, 0) is 0 Å². The fraction of sp³-hybridized carbons (Fsp3) is 0.0800. The van der Waals surface area contributed by atoms with Crippen LogP contribution in [0, 0.1) is 0 Å². The summed E-state index contributed by atoms with van der Waals surface area (Å²) in [5, 5.41) is 16.1. The summed E-state index contributed by atoms with van der Waals surface area (Å²) in [5.74, 6) is -0.192. The van der Waals surface area contributed by atoms with E-state index in [2.05, 4.69) is 5.32 Å². The van der Waals surface area contributed by atoms with E-state index >= 15 is 0 Å². The van der Waals surface area contributed by atoms with Crippen LogP contribution in [-0.4, -0.2) is 18.1 Å². The van der Waals surface area contributed by atoms with Gasteiger partial charge in [-0.15, -0.1) is 0 Å². The lowest BCUT2D eigenvalue weighted by molar-refractivity contribution is 0.0940. The summed E-state index contributed by atoms with van der Waals surface area (Å²) >= 11 is 12.5. The normalized spacial score (nSPS) is 11.8. The van der Waals surface area contributed by atoms with Crippen molar-refractivity contribution in [1.82, 2.24) is 5.32 Å². The number of halogens is 2. The first-order valence-electron chi connectivity index (χ1n) is 9.59. The molecule has 1 unspecified atom stereocenters. The Balaban J connectivity index is 1.88. The van der Waals surface area contributed by atoms with E-state index in [4.69, 9.17) is 27.9 Å². The number of rotatable bonds is 5. The van der Waals surface area contributed by atoms with Gasteiger partial charge in [-0.3, -0.25) is 4.79 Å². The van der Waals surface area contributed by atoms with E-state index in [9.17, 15) is 9.90 Å². The van der Waals surface area contributed by atoms with E-state index in [-0.39, 0.29) is 27.1 Å². The molecule has 0 bridgehead atoms. The third kappa shape index (κ3) is 4.05. The van der Waals surface area contributed by atoms with Gasteiger partial charge in [-0.2, -0.15) is 0 Å². The number of hydrogen-bond acceptors (Lipinski definition) is 3. The Labute approximate surface area is 190 Å². The number of ether oxygens (including phenoxy) is 1. The maximum absolute atomic E-state index is 13.4. The number of carbonyl (C=O) groups is 1. The first-order valence-corrected chi connectivity index (χ1v) is 10.3. The van der Waals surface area contributed by atoms with Gasteiger partial charge in [-0.05, 0) is 34.5 Å². The monoisotopic (exact) mass is 451 g/mol. The van der Waals surface area contributed by atoms with Crippen LogP contribution in [0.15, 0.2) is 78.9 Å². The van der Waals surface area contributed by atoms with Crippen LogP contribution in [0.5, 0.6) is 11.5 Å². The van der Waals surface area contributed by atoms with Crippen molar-refractivity contribution in [2.24, 2.45) is 0 Å². The number of carbonyl (C=O) groups excluding carboxylic acids is 1. The molecule has 31 heavy (non-hydrogen) atoms.